The van der Waals surface area contributed by atoms with E-state index in [1.807, 2.05) is 17.0 Å². The summed E-state index contributed by atoms with van der Waals surface area (Å²) in [5.41, 5.74) is 0. The molecule has 1 aromatic heterocycles. The van der Waals surface area contributed by atoms with Gasteiger partial charge in [0.2, 0.25) is 5.91 Å². The third-order valence-corrected chi connectivity index (χ3v) is 3.40. The van der Waals surface area contributed by atoms with Crippen LogP contribution in [-0.2, 0) is 4.79 Å². The molecule has 1 aromatic rings. The van der Waals surface area contributed by atoms with E-state index in [1.54, 1.807) is 13.2 Å². The van der Waals surface area contributed by atoms with Crippen LogP contribution in [0.3, 0.4) is 0 Å². The van der Waals surface area contributed by atoms with E-state index >= 15 is 0 Å². The van der Waals surface area contributed by atoms with Crippen LogP contribution in [0.25, 0.3) is 0 Å². The molecule has 2 heterocycles. The number of carbonyl (C=O) groups is 1. The van der Waals surface area contributed by atoms with Crippen molar-refractivity contribution in [2.45, 2.75) is 38.8 Å². The van der Waals surface area contributed by atoms with E-state index in [9.17, 15) is 4.79 Å². The van der Waals surface area contributed by atoms with Gasteiger partial charge >= 0.3 is 0 Å². The molecule has 0 spiro atoms. The molecule has 2 rings (SSSR count). The van der Waals surface area contributed by atoms with Crippen LogP contribution in [0.1, 0.15) is 38.5 Å². The molecule has 4 nitrogen and oxygen atoms in total. The number of hydrogen-bond acceptors (Lipinski definition) is 3. The molecule has 94 valence electrons. The zero-order chi connectivity index (χ0) is 12.3. The monoisotopic (exact) mass is 236 g/mol. The van der Waals surface area contributed by atoms with Gasteiger partial charge in [-0.1, -0.05) is 0 Å². The second-order valence-electron chi connectivity index (χ2n) is 4.68. The quantitative estimate of drug-likeness (QED) is 0.872. The largest absolute Gasteiger partial charge is 0.468 e. The molecule has 1 saturated heterocycles. The summed E-state index contributed by atoms with van der Waals surface area (Å²) in [4.78, 5) is 13.1. The number of hydrogen-bond donors (Lipinski definition) is 1. The molecule has 0 unspecified atom stereocenters. The Morgan fingerprint density at radius 2 is 2.24 bits per heavy atom. The van der Waals surface area contributed by atoms with Crippen LogP contribution in [0, 0.1) is 0 Å². The fourth-order valence-corrected chi connectivity index (χ4v) is 2.33. The number of amides is 1. The molecule has 0 bridgehead atoms. The minimum absolute atomic E-state index is 0.183. The molecule has 0 saturated carbocycles. The number of rotatable bonds is 3. The number of piperidine rings is 1. The predicted octanol–water partition coefficient (Wildman–Crippen LogP) is 1.94. The molecule has 0 aromatic carbocycles. The zero-order valence-electron chi connectivity index (χ0n) is 10.5. The molecule has 1 N–H and O–H groups in total. The first kappa shape index (κ1) is 12.2. The molecule has 1 fully saturated rings. The van der Waals surface area contributed by atoms with Crippen LogP contribution >= 0.6 is 0 Å². The lowest BCUT2D eigenvalue weighted by Crippen LogP contribution is -2.44. The van der Waals surface area contributed by atoms with E-state index in [4.69, 9.17) is 4.42 Å². The van der Waals surface area contributed by atoms with Gasteiger partial charge in [-0.2, -0.15) is 0 Å². The molecule has 0 radical (unpaired) electrons. The summed E-state index contributed by atoms with van der Waals surface area (Å²) in [5, 5.41) is 3.55. The molecular formula is C13H20N2O2. The van der Waals surface area contributed by atoms with E-state index < -0.39 is 0 Å². The average molecular weight is 236 g/mol. The van der Waals surface area contributed by atoms with Gasteiger partial charge in [-0.3, -0.25) is 4.79 Å². The average Bonchev–Trinajstić information content (AvgIpc) is 2.83. The number of furan rings is 1. The van der Waals surface area contributed by atoms with E-state index in [2.05, 4.69) is 12.2 Å². The van der Waals surface area contributed by atoms with Gasteiger partial charge in [0.05, 0.1) is 12.3 Å². The van der Waals surface area contributed by atoms with Crippen molar-refractivity contribution in [2.75, 3.05) is 13.1 Å². The Morgan fingerprint density at radius 3 is 2.76 bits per heavy atom. The summed E-state index contributed by atoms with van der Waals surface area (Å²) in [6.45, 7) is 5.46. The zero-order valence-corrected chi connectivity index (χ0v) is 10.5. The summed E-state index contributed by atoms with van der Waals surface area (Å²) < 4.78 is 5.37. The van der Waals surface area contributed by atoms with Gasteiger partial charge < -0.3 is 14.6 Å². The Labute approximate surface area is 102 Å². The standard InChI is InChI=1S/C13H20N2O2/c1-10(13-4-3-9-17-13)14-12-5-7-15(8-6-12)11(2)16/h3-4,9-10,12,14H,5-8H2,1-2H3/t10-/m0/s1. The minimum atomic E-state index is 0.183. The van der Waals surface area contributed by atoms with Crippen LogP contribution in [0.4, 0.5) is 0 Å². The van der Waals surface area contributed by atoms with Crippen molar-refractivity contribution in [3.63, 3.8) is 0 Å². The first-order valence-electron chi connectivity index (χ1n) is 6.22. The Kier molecular flexibility index (Phi) is 3.84. The third-order valence-electron chi connectivity index (χ3n) is 3.40. The third kappa shape index (κ3) is 3.09. The molecular weight excluding hydrogens is 216 g/mol. The predicted molar refractivity (Wildman–Crippen MR) is 65.5 cm³/mol. The smallest absolute Gasteiger partial charge is 0.219 e. The maximum Gasteiger partial charge on any atom is 0.219 e. The van der Waals surface area contributed by atoms with Crippen molar-refractivity contribution in [2.24, 2.45) is 0 Å². The minimum Gasteiger partial charge on any atom is -0.468 e. The van der Waals surface area contributed by atoms with Gasteiger partial charge in [0, 0.05) is 26.1 Å². The van der Waals surface area contributed by atoms with Gasteiger partial charge in [0.25, 0.3) is 0 Å². The van der Waals surface area contributed by atoms with Crippen LogP contribution in [0.15, 0.2) is 22.8 Å². The second-order valence-corrected chi connectivity index (χ2v) is 4.68. The summed E-state index contributed by atoms with van der Waals surface area (Å²) in [5.74, 6) is 1.15. The molecule has 17 heavy (non-hydrogen) atoms. The van der Waals surface area contributed by atoms with Gasteiger partial charge in [-0.15, -0.1) is 0 Å². The fraction of sp³-hybridized carbons (Fsp3) is 0.615. The number of carbonyl (C=O) groups excluding carboxylic acids is 1. The van der Waals surface area contributed by atoms with E-state index in [-0.39, 0.29) is 11.9 Å². The van der Waals surface area contributed by atoms with Crippen LogP contribution in [-0.4, -0.2) is 29.9 Å². The van der Waals surface area contributed by atoms with Crippen molar-refractivity contribution in [3.05, 3.63) is 24.2 Å². The van der Waals surface area contributed by atoms with E-state index in [1.165, 1.54) is 0 Å². The second kappa shape index (κ2) is 5.36. The van der Waals surface area contributed by atoms with Crippen molar-refractivity contribution in [3.8, 4) is 0 Å². The lowest BCUT2D eigenvalue weighted by Gasteiger charge is -2.33. The highest BCUT2D eigenvalue weighted by atomic mass is 16.3. The maximum absolute atomic E-state index is 11.2. The summed E-state index contributed by atoms with van der Waals surface area (Å²) in [7, 11) is 0. The molecule has 4 heteroatoms. The topological polar surface area (TPSA) is 45.5 Å². The number of nitrogens with one attached hydrogen (secondary N) is 1. The van der Waals surface area contributed by atoms with E-state index in [0.717, 1.165) is 31.7 Å². The van der Waals surface area contributed by atoms with Crippen LogP contribution in [0.2, 0.25) is 0 Å². The first-order valence-corrected chi connectivity index (χ1v) is 6.22. The highest BCUT2D eigenvalue weighted by Gasteiger charge is 2.22. The van der Waals surface area contributed by atoms with Crippen molar-refractivity contribution < 1.29 is 9.21 Å². The van der Waals surface area contributed by atoms with Crippen molar-refractivity contribution in [1.82, 2.24) is 10.2 Å². The Balaban J connectivity index is 1.80. The number of nitrogens with zero attached hydrogens (tertiary/aromatic N) is 1. The molecule has 1 aliphatic heterocycles. The number of likely N-dealkylation sites (tertiary alicyclic amines) is 1. The Bertz CT molecular complexity index is 354. The molecule has 1 aliphatic rings. The Hall–Kier alpha value is -1.29. The van der Waals surface area contributed by atoms with Gasteiger partial charge in [-0.25, -0.2) is 0 Å². The lowest BCUT2D eigenvalue weighted by molar-refractivity contribution is -0.129. The SMILES string of the molecule is CC(=O)N1CCC(N[C@@H](C)c2ccco2)CC1. The highest BCUT2D eigenvalue weighted by molar-refractivity contribution is 5.73. The van der Waals surface area contributed by atoms with Gasteiger partial charge in [-0.05, 0) is 31.9 Å². The first-order chi connectivity index (χ1) is 8.16. The maximum atomic E-state index is 11.2. The van der Waals surface area contributed by atoms with Crippen LogP contribution in [0.5, 0.6) is 0 Å². The summed E-state index contributed by atoms with van der Waals surface area (Å²) in [6.07, 6.45) is 3.74. The normalized spacial score (nSPS) is 19.3. The van der Waals surface area contributed by atoms with Crippen molar-refractivity contribution in [1.29, 1.82) is 0 Å². The van der Waals surface area contributed by atoms with Gasteiger partial charge in [0.1, 0.15) is 5.76 Å². The molecule has 1 atom stereocenters. The van der Waals surface area contributed by atoms with Gasteiger partial charge in [0.15, 0.2) is 0 Å². The molecule has 0 aliphatic carbocycles. The summed E-state index contributed by atoms with van der Waals surface area (Å²) >= 11 is 0. The van der Waals surface area contributed by atoms with E-state index in [0.29, 0.717) is 6.04 Å². The lowest BCUT2D eigenvalue weighted by atomic mass is 10.0. The fourth-order valence-electron chi connectivity index (χ4n) is 2.33. The van der Waals surface area contributed by atoms with Crippen molar-refractivity contribution >= 4 is 5.91 Å². The highest BCUT2D eigenvalue weighted by Crippen LogP contribution is 2.17. The Morgan fingerprint density at radius 1 is 1.53 bits per heavy atom. The molecule has 1 amide bonds. The summed E-state index contributed by atoms with van der Waals surface area (Å²) in [6, 6.07) is 4.61. The van der Waals surface area contributed by atoms with Crippen LogP contribution < -0.4 is 5.32 Å².